The average Bonchev–Trinajstić information content (AvgIpc) is 2.31. The lowest BCUT2D eigenvalue weighted by atomic mass is 10.2. The Labute approximate surface area is 113 Å². The Bertz CT molecular complexity index is 580. The second-order valence-corrected chi connectivity index (χ2v) is 4.99. The summed E-state index contributed by atoms with van der Waals surface area (Å²) in [6.45, 7) is 2.87. The van der Waals surface area contributed by atoms with Crippen LogP contribution in [0.4, 0.5) is 6.01 Å². The summed E-state index contributed by atoms with van der Waals surface area (Å²) in [7, 11) is 0. The van der Waals surface area contributed by atoms with Crippen molar-refractivity contribution in [3.8, 4) is 0 Å². The van der Waals surface area contributed by atoms with Crippen LogP contribution in [0.3, 0.4) is 0 Å². The lowest BCUT2D eigenvalue weighted by molar-refractivity contribution is 0.515. The minimum absolute atomic E-state index is 0.303. The van der Waals surface area contributed by atoms with Crippen molar-refractivity contribution in [2.24, 2.45) is 0 Å². The van der Waals surface area contributed by atoms with E-state index in [1.165, 1.54) is 0 Å². The lowest BCUT2D eigenvalue weighted by Crippen LogP contribution is -2.08. The number of unbranched alkanes of at least 4 members (excludes halogenated alkanes) is 1. The molecule has 0 saturated carbocycles. The van der Waals surface area contributed by atoms with Crippen LogP contribution in [0.25, 0.3) is 10.9 Å². The van der Waals surface area contributed by atoms with Crippen molar-refractivity contribution in [1.29, 1.82) is 0 Å². The van der Waals surface area contributed by atoms with E-state index in [1.54, 1.807) is 6.07 Å². The highest BCUT2D eigenvalue weighted by Gasteiger charge is 2.05. The molecule has 0 aliphatic carbocycles. The number of benzene rings is 1. The number of anilines is 1. The summed E-state index contributed by atoms with van der Waals surface area (Å²) in [5, 5.41) is 3.54. The zero-order valence-corrected chi connectivity index (χ0v) is 11.7. The van der Waals surface area contributed by atoms with E-state index in [2.05, 4.69) is 39.8 Å². The molecule has 0 bridgehead atoms. The Morgan fingerprint density at radius 1 is 1.47 bits per heavy atom. The molecule has 90 valence electrons. The Balaban J connectivity index is 2.35. The Hall–Kier alpha value is -1.11. The van der Waals surface area contributed by atoms with Crippen molar-refractivity contribution in [3.63, 3.8) is 0 Å². The van der Waals surface area contributed by atoms with Gasteiger partial charge in [0, 0.05) is 10.1 Å². The molecule has 2 rings (SSSR count). The van der Waals surface area contributed by atoms with E-state index in [1.807, 2.05) is 12.1 Å². The summed E-state index contributed by atoms with van der Waals surface area (Å²) in [4.78, 5) is 16.0. The first-order chi connectivity index (χ1) is 8.20. The largest absolute Gasteiger partial charge is 0.389 e. The molecule has 17 heavy (non-hydrogen) atoms. The molecule has 0 aliphatic rings. The summed E-state index contributed by atoms with van der Waals surface area (Å²) in [5.74, 6) is 0. The van der Waals surface area contributed by atoms with Gasteiger partial charge in [-0.15, -0.1) is 0 Å². The van der Waals surface area contributed by atoms with Crippen LogP contribution in [0.15, 0.2) is 27.4 Å². The molecule has 0 unspecified atom stereocenters. The second-order valence-electron chi connectivity index (χ2n) is 3.75. The molecule has 1 aromatic carbocycles. The fourth-order valence-corrected chi connectivity index (χ4v) is 1.98. The first-order valence-electron chi connectivity index (χ1n) is 5.55. The Morgan fingerprint density at radius 3 is 3.06 bits per heavy atom. The Morgan fingerprint density at radius 2 is 2.29 bits per heavy atom. The van der Waals surface area contributed by atoms with Gasteiger partial charge in [-0.05, 0) is 47.2 Å². The molecule has 0 fully saturated rings. The summed E-state index contributed by atoms with van der Waals surface area (Å²) in [5.41, 5.74) is 0.327. The van der Waals surface area contributed by atoms with Gasteiger partial charge in [0.25, 0.3) is 6.01 Å². The molecule has 4 nitrogen and oxygen atoms in total. The van der Waals surface area contributed by atoms with Gasteiger partial charge in [0.2, 0.25) is 0 Å². The Kier molecular flexibility index (Phi) is 3.98. The van der Waals surface area contributed by atoms with E-state index >= 15 is 0 Å². The van der Waals surface area contributed by atoms with Crippen LogP contribution in [-0.2, 0) is 0 Å². The van der Waals surface area contributed by atoms with Crippen LogP contribution in [-0.4, -0.2) is 11.5 Å². The van der Waals surface area contributed by atoms with E-state index in [4.69, 9.17) is 4.42 Å². The molecule has 0 amide bonds. The standard InChI is InChI=1S/C12H13IN2O2/c1-2-3-6-14-12-15-10-5-4-8(13)7-9(10)11(16)17-12/h4-5,7H,2-3,6H2,1H3,(H,14,15). The first kappa shape index (κ1) is 12.3. The second kappa shape index (κ2) is 5.48. The zero-order chi connectivity index (χ0) is 12.3. The third-order valence-electron chi connectivity index (χ3n) is 2.40. The quantitative estimate of drug-likeness (QED) is 0.684. The van der Waals surface area contributed by atoms with Gasteiger partial charge in [0.15, 0.2) is 0 Å². The number of nitrogens with one attached hydrogen (secondary N) is 1. The highest BCUT2D eigenvalue weighted by Crippen LogP contribution is 2.14. The third kappa shape index (κ3) is 2.96. The minimum atomic E-state index is -0.340. The number of fused-ring (bicyclic) bond motifs is 1. The van der Waals surface area contributed by atoms with Gasteiger partial charge in [-0.25, -0.2) is 4.79 Å². The molecule has 0 spiro atoms. The van der Waals surface area contributed by atoms with Crippen molar-refractivity contribution in [3.05, 3.63) is 32.2 Å². The fourth-order valence-electron chi connectivity index (χ4n) is 1.49. The predicted molar refractivity (Wildman–Crippen MR) is 76.4 cm³/mol. The number of rotatable bonds is 4. The normalized spacial score (nSPS) is 10.7. The average molecular weight is 344 g/mol. The number of hydrogen-bond donors (Lipinski definition) is 1. The molecule has 1 aromatic heterocycles. The first-order valence-corrected chi connectivity index (χ1v) is 6.63. The van der Waals surface area contributed by atoms with Crippen molar-refractivity contribution in [1.82, 2.24) is 4.98 Å². The van der Waals surface area contributed by atoms with Crippen molar-refractivity contribution >= 4 is 39.5 Å². The molecule has 0 aliphatic heterocycles. The topological polar surface area (TPSA) is 55.1 Å². The number of halogens is 1. The molecule has 1 N–H and O–H groups in total. The SMILES string of the molecule is CCCCNc1nc2ccc(I)cc2c(=O)o1. The van der Waals surface area contributed by atoms with E-state index < -0.39 is 0 Å². The maximum Gasteiger partial charge on any atom is 0.348 e. The molecule has 5 heteroatoms. The van der Waals surface area contributed by atoms with Gasteiger partial charge >= 0.3 is 5.63 Å². The smallest absolute Gasteiger partial charge is 0.348 e. The summed E-state index contributed by atoms with van der Waals surface area (Å²) < 4.78 is 6.11. The van der Waals surface area contributed by atoms with Crippen molar-refractivity contribution in [2.75, 3.05) is 11.9 Å². The maximum absolute atomic E-state index is 11.7. The van der Waals surface area contributed by atoms with Gasteiger partial charge in [0.1, 0.15) is 0 Å². The van der Waals surface area contributed by atoms with Gasteiger partial charge in [-0.1, -0.05) is 13.3 Å². The van der Waals surface area contributed by atoms with Gasteiger partial charge in [-0.3, -0.25) is 0 Å². The third-order valence-corrected chi connectivity index (χ3v) is 3.07. The van der Waals surface area contributed by atoms with Crippen LogP contribution < -0.4 is 10.9 Å². The number of hydrogen-bond acceptors (Lipinski definition) is 4. The lowest BCUT2D eigenvalue weighted by Gasteiger charge is -2.03. The summed E-state index contributed by atoms with van der Waals surface area (Å²) in [6, 6.07) is 5.84. The van der Waals surface area contributed by atoms with Crippen LogP contribution in [0.5, 0.6) is 0 Å². The van der Waals surface area contributed by atoms with Crippen molar-refractivity contribution in [2.45, 2.75) is 19.8 Å². The van der Waals surface area contributed by atoms with Crippen molar-refractivity contribution < 1.29 is 4.42 Å². The predicted octanol–water partition coefficient (Wildman–Crippen LogP) is 3.00. The highest BCUT2D eigenvalue weighted by molar-refractivity contribution is 14.1. The van der Waals surface area contributed by atoms with E-state index in [0.29, 0.717) is 16.9 Å². The van der Waals surface area contributed by atoms with E-state index in [-0.39, 0.29) is 5.63 Å². The van der Waals surface area contributed by atoms with E-state index in [9.17, 15) is 4.79 Å². The summed E-state index contributed by atoms with van der Waals surface area (Å²) in [6.07, 6.45) is 2.11. The molecule has 0 atom stereocenters. The van der Waals surface area contributed by atoms with E-state index in [0.717, 1.165) is 23.0 Å². The molecule has 0 saturated heterocycles. The molecular formula is C12H13IN2O2. The van der Waals surface area contributed by atoms with Crippen LogP contribution in [0.1, 0.15) is 19.8 Å². The van der Waals surface area contributed by atoms with Gasteiger partial charge in [-0.2, -0.15) is 4.98 Å². The summed E-state index contributed by atoms with van der Waals surface area (Å²) >= 11 is 2.16. The fraction of sp³-hybridized carbons (Fsp3) is 0.333. The molecular weight excluding hydrogens is 331 g/mol. The monoisotopic (exact) mass is 344 g/mol. The molecule has 0 radical (unpaired) electrons. The van der Waals surface area contributed by atoms with Crippen LogP contribution in [0, 0.1) is 3.57 Å². The maximum atomic E-state index is 11.7. The number of aromatic nitrogens is 1. The minimum Gasteiger partial charge on any atom is -0.389 e. The van der Waals surface area contributed by atoms with Crippen LogP contribution in [0.2, 0.25) is 0 Å². The van der Waals surface area contributed by atoms with Gasteiger partial charge < -0.3 is 9.73 Å². The number of nitrogens with zero attached hydrogens (tertiary/aromatic N) is 1. The van der Waals surface area contributed by atoms with Gasteiger partial charge in [0.05, 0.1) is 10.9 Å². The zero-order valence-electron chi connectivity index (χ0n) is 9.50. The highest BCUT2D eigenvalue weighted by atomic mass is 127. The molecule has 2 aromatic rings. The molecule has 1 heterocycles. The van der Waals surface area contributed by atoms with Crippen LogP contribution >= 0.6 is 22.6 Å².